The Morgan fingerprint density at radius 1 is 1.35 bits per heavy atom. The summed E-state index contributed by atoms with van der Waals surface area (Å²) in [5.41, 5.74) is 0.990. The fraction of sp³-hybridized carbons (Fsp3) is 0.375. The van der Waals surface area contributed by atoms with Crippen molar-refractivity contribution < 1.29 is 8.81 Å². The lowest BCUT2D eigenvalue weighted by Gasteiger charge is -2.17. The summed E-state index contributed by atoms with van der Waals surface area (Å²) in [5.74, 6) is 0.636. The molecule has 2 aromatic rings. The molecule has 4 heteroatoms. The third-order valence-electron chi connectivity index (χ3n) is 3.19. The Kier molecular flexibility index (Phi) is 5.26. The standard InChI is InChI=1S/C16H20FNOS/c1-4-9-18-11(2)13-6-5-7-14(17)16(13)20-15-8-10-19-12(15)3/h5-8,10-11,18H,4,9H2,1-3H3. The molecule has 108 valence electrons. The normalized spacial score (nSPS) is 12.6. The van der Waals surface area contributed by atoms with Crippen LogP contribution >= 0.6 is 11.8 Å². The van der Waals surface area contributed by atoms with E-state index in [-0.39, 0.29) is 11.9 Å². The van der Waals surface area contributed by atoms with Crippen molar-refractivity contribution in [2.24, 2.45) is 0 Å². The third kappa shape index (κ3) is 3.44. The summed E-state index contributed by atoms with van der Waals surface area (Å²) in [5, 5.41) is 3.41. The Morgan fingerprint density at radius 3 is 2.80 bits per heavy atom. The molecule has 2 rings (SSSR count). The monoisotopic (exact) mass is 293 g/mol. The van der Waals surface area contributed by atoms with E-state index in [0.717, 1.165) is 29.2 Å². The second kappa shape index (κ2) is 6.95. The molecule has 1 heterocycles. The van der Waals surface area contributed by atoms with Crippen LogP contribution in [0.1, 0.15) is 37.6 Å². The number of furan rings is 1. The van der Waals surface area contributed by atoms with Gasteiger partial charge >= 0.3 is 0 Å². The van der Waals surface area contributed by atoms with Crippen LogP contribution in [0.4, 0.5) is 4.39 Å². The number of aryl methyl sites for hydroxylation is 1. The molecular formula is C16H20FNOS. The SMILES string of the molecule is CCCNC(C)c1cccc(F)c1Sc1ccoc1C. The summed E-state index contributed by atoms with van der Waals surface area (Å²) >= 11 is 1.43. The first-order chi connectivity index (χ1) is 9.63. The minimum Gasteiger partial charge on any atom is -0.468 e. The third-order valence-corrected chi connectivity index (χ3v) is 4.47. The van der Waals surface area contributed by atoms with E-state index < -0.39 is 0 Å². The van der Waals surface area contributed by atoms with Crippen molar-refractivity contribution in [1.82, 2.24) is 5.32 Å². The van der Waals surface area contributed by atoms with Crippen LogP contribution in [0, 0.1) is 12.7 Å². The number of hydrogen-bond acceptors (Lipinski definition) is 3. The topological polar surface area (TPSA) is 25.2 Å². The average Bonchev–Trinajstić information content (AvgIpc) is 2.84. The van der Waals surface area contributed by atoms with E-state index in [0.29, 0.717) is 4.90 Å². The lowest BCUT2D eigenvalue weighted by molar-refractivity contribution is 0.526. The Hall–Kier alpha value is -1.26. The summed E-state index contributed by atoms with van der Waals surface area (Å²) in [6.45, 7) is 7.00. The highest BCUT2D eigenvalue weighted by Crippen LogP contribution is 2.37. The zero-order valence-corrected chi connectivity index (χ0v) is 12.9. The first-order valence-corrected chi connectivity index (χ1v) is 7.68. The Balaban J connectivity index is 2.29. The van der Waals surface area contributed by atoms with Crippen molar-refractivity contribution in [1.29, 1.82) is 0 Å². The molecule has 0 amide bonds. The van der Waals surface area contributed by atoms with Gasteiger partial charge in [0.05, 0.1) is 16.1 Å². The van der Waals surface area contributed by atoms with Crippen LogP contribution in [-0.4, -0.2) is 6.54 Å². The highest BCUT2D eigenvalue weighted by atomic mass is 32.2. The molecule has 1 aromatic heterocycles. The van der Waals surface area contributed by atoms with Gasteiger partial charge in [0.1, 0.15) is 11.6 Å². The van der Waals surface area contributed by atoms with Crippen molar-refractivity contribution in [2.75, 3.05) is 6.54 Å². The number of hydrogen-bond donors (Lipinski definition) is 1. The van der Waals surface area contributed by atoms with Gasteiger partial charge in [-0.05, 0) is 44.5 Å². The fourth-order valence-electron chi connectivity index (χ4n) is 2.03. The lowest BCUT2D eigenvalue weighted by atomic mass is 10.1. The van der Waals surface area contributed by atoms with Gasteiger partial charge in [0.2, 0.25) is 0 Å². The number of nitrogens with one attached hydrogen (secondary N) is 1. The molecule has 1 unspecified atom stereocenters. The lowest BCUT2D eigenvalue weighted by Crippen LogP contribution is -2.20. The maximum absolute atomic E-state index is 14.2. The summed E-state index contributed by atoms with van der Waals surface area (Å²) in [4.78, 5) is 1.63. The van der Waals surface area contributed by atoms with Crippen LogP contribution in [0.15, 0.2) is 44.7 Å². The minimum atomic E-state index is -0.182. The van der Waals surface area contributed by atoms with Crippen LogP contribution in [0.25, 0.3) is 0 Å². The van der Waals surface area contributed by atoms with E-state index in [2.05, 4.69) is 19.2 Å². The van der Waals surface area contributed by atoms with E-state index in [1.807, 2.05) is 19.1 Å². The minimum absolute atomic E-state index is 0.125. The molecule has 0 fully saturated rings. The van der Waals surface area contributed by atoms with Crippen LogP contribution in [0.2, 0.25) is 0 Å². The number of rotatable bonds is 6. The van der Waals surface area contributed by atoms with Gasteiger partial charge in [-0.15, -0.1) is 0 Å². The van der Waals surface area contributed by atoms with Crippen molar-refractivity contribution in [2.45, 2.75) is 43.0 Å². The van der Waals surface area contributed by atoms with E-state index in [9.17, 15) is 4.39 Å². The molecule has 1 N–H and O–H groups in total. The highest BCUT2D eigenvalue weighted by Gasteiger charge is 2.16. The van der Waals surface area contributed by atoms with Crippen molar-refractivity contribution in [3.05, 3.63) is 47.7 Å². The maximum atomic E-state index is 14.2. The summed E-state index contributed by atoms with van der Waals surface area (Å²) in [7, 11) is 0. The first-order valence-electron chi connectivity index (χ1n) is 6.87. The number of halogens is 1. The van der Waals surface area contributed by atoms with Crippen LogP contribution < -0.4 is 5.32 Å². The second-order valence-corrected chi connectivity index (χ2v) is 5.83. The molecule has 0 spiro atoms. The summed E-state index contributed by atoms with van der Waals surface area (Å²) < 4.78 is 19.5. The zero-order chi connectivity index (χ0) is 14.5. The van der Waals surface area contributed by atoms with Crippen molar-refractivity contribution in [3.63, 3.8) is 0 Å². The Bertz CT molecular complexity index is 567. The smallest absolute Gasteiger partial charge is 0.137 e. The molecule has 2 nitrogen and oxygen atoms in total. The predicted molar refractivity (Wildman–Crippen MR) is 80.7 cm³/mol. The quantitative estimate of drug-likeness (QED) is 0.816. The van der Waals surface area contributed by atoms with E-state index in [4.69, 9.17) is 4.42 Å². The van der Waals surface area contributed by atoms with Crippen LogP contribution in [0.5, 0.6) is 0 Å². The Morgan fingerprint density at radius 2 is 2.15 bits per heavy atom. The molecule has 0 saturated heterocycles. The highest BCUT2D eigenvalue weighted by molar-refractivity contribution is 7.99. The van der Waals surface area contributed by atoms with E-state index in [1.165, 1.54) is 17.8 Å². The van der Waals surface area contributed by atoms with Gasteiger partial charge in [0.25, 0.3) is 0 Å². The van der Waals surface area contributed by atoms with Gasteiger partial charge in [-0.1, -0.05) is 30.8 Å². The molecule has 0 saturated carbocycles. The summed E-state index contributed by atoms with van der Waals surface area (Å²) in [6.07, 6.45) is 2.69. The van der Waals surface area contributed by atoms with Gasteiger partial charge in [-0.25, -0.2) is 4.39 Å². The molecule has 0 aliphatic carbocycles. The molecule has 0 bridgehead atoms. The van der Waals surface area contributed by atoms with Crippen molar-refractivity contribution in [3.8, 4) is 0 Å². The fourth-order valence-corrected chi connectivity index (χ4v) is 3.10. The molecule has 1 atom stereocenters. The zero-order valence-electron chi connectivity index (χ0n) is 12.1. The predicted octanol–water partition coefficient (Wildman–Crippen LogP) is 4.94. The number of benzene rings is 1. The summed E-state index contributed by atoms with van der Waals surface area (Å²) in [6, 6.07) is 7.25. The van der Waals surface area contributed by atoms with Gasteiger partial charge < -0.3 is 9.73 Å². The largest absolute Gasteiger partial charge is 0.468 e. The van der Waals surface area contributed by atoms with E-state index in [1.54, 1.807) is 12.3 Å². The van der Waals surface area contributed by atoms with Crippen LogP contribution in [-0.2, 0) is 0 Å². The van der Waals surface area contributed by atoms with Gasteiger partial charge in [-0.3, -0.25) is 0 Å². The van der Waals surface area contributed by atoms with Gasteiger partial charge in [-0.2, -0.15) is 0 Å². The maximum Gasteiger partial charge on any atom is 0.137 e. The van der Waals surface area contributed by atoms with Crippen LogP contribution in [0.3, 0.4) is 0 Å². The average molecular weight is 293 g/mol. The van der Waals surface area contributed by atoms with E-state index >= 15 is 0 Å². The van der Waals surface area contributed by atoms with Gasteiger partial charge in [0.15, 0.2) is 0 Å². The van der Waals surface area contributed by atoms with Gasteiger partial charge in [0, 0.05) is 6.04 Å². The Labute approximate surface area is 123 Å². The molecule has 0 aliphatic heterocycles. The first kappa shape index (κ1) is 15.1. The molecular weight excluding hydrogens is 273 g/mol. The molecule has 0 radical (unpaired) electrons. The molecule has 0 aliphatic rings. The van der Waals surface area contributed by atoms with Crippen molar-refractivity contribution >= 4 is 11.8 Å². The second-order valence-electron chi connectivity index (χ2n) is 4.78. The molecule has 1 aromatic carbocycles. The molecule has 20 heavy (non-hydrogen) atoms.